The predicted molar refractivity (Wildman–Crippen MR) is 92.8 cm³/mol. The first-order chi connectivity index (χ1) is 12.6. The molecule has 26 heavy (non-hydrogen) atoms. The van der Waals surface area contributed by atoms with Crippen LogP contribution in [-0.4, -0.2) is 54.4 Å². The second kappa shape index (κ2) is 6.54. The molecule has 0 radical (unpaired) electrons. The zero-order valence-corrected chi connectivity index (χ0v) is 14.2. The highest BCUT2D eigenvalue weighted by atomic mass is 16.2. The van der Waals surface area contributed by atoms with E-state index in [1.807, 2.05) is 12.1 Å². The van der Waals surface area contributed by atoms with Crippen LogP contribution in [0.5, 0.6) is 0 Å². The molecular formula is C16H18N8O2. The normalized spacial score (nSPS) is 17.0. The van der Waals surface area contributed by atoms with Crippen molar-refractivity contribution < 1.29 is 4.79 Å². The Kier molecular flexibility index (Phi) is 4.07. The average molecular weight is 354 g/mol. The predicted octanol–water partition coefficient (Wildman–Crippen LogP) is -0.615. The Bertz CT molecular complexity index is 1010. The maximum atomic E-state index is 12.2. The maximum absolute atomic E-state index is 12.2. The molecule has 0 aromatic carbocycles. The molecule has 1 atom stereocenters. The molecule has 1 N–H and O–H groups in total. The van der Waals surface area contributed by atoms with Gasteiger partial charge < -0.3 is 10.2 Å². The third kappa shape index (κ3) is 3.25. The lowest BCUT2D eigenvalue weighted by Crippen LogP contribution is -2.40. The number of hydrogen-bond donors (Lipinski definition) is 1. The van der Waals surface area contributed by atoms with Gasteiger partial charge in [0.05, 0.1) is 6.33 Å². The quantitative estimate of drug-likeness (QED) is 0.665. The van der Waals surface area contributed by atoms with E-state index >= 15 is 0 Å². The van der Waals surface area contributed by atoms with E-state index in [0.29, 0.717) is 17.9 Å². The minimum atomic E-state index is -0.229. The number of nitrogens with one attached hydrogen (secondary N) is 1. The molecule has 3 aromatic heterocycles. The van der Waals surface area contributed by atoms with Gasteiger partial charge in [0.1, 0.15) is 18.7 Å². The first-order valence-electron chi connectivity index (χ1n) is 8.33. The van der Waals surface area contributed by atoms with Crippen LogP contribution in [0.2, 0.25) is 0 Å². The van der Waals surface area contributed by atoms with E-state index in [1.54, 1.807) is 17.8 Å². The van der Waals surface area contributed by atoms with E-state index in [1.165, 1.54) is 17.0 Å². The van der Waals surface area contributed by atoms with Gasteiger partial charge in [0.25, 0.3) is 5.56 Å². The molecule has 1 saturated heterocycles. The molecule has 134 valence electrons. The van der Waals surface area contributed by atoms with Crippen molar-refractivity contribution in [3.05, 3.63) is 46.9 Å². The molecule has 4 heterocycles. The Morgan fingerprint density at radius 2 is 2.23 bits per heavy atom. The summed E-state index contributed by atoms with van der Waals surface area (Å²) in [6, 6.07) is 5.18. The van der Waals surface area contributed by atoms with Gasteiger partial charge in [-0.3, -0.25) is 14.2 Å². The number of fused-ring (bicyclic) bond motifs is 1. The number of amides is 1. The maximum Gasteiger partial charge on any atom is 0.253 e. The number of hydrogen-bond acceptors (Lipinski definition) is 7. The fourth-order valence-electron chi connectivity index (χ4n) is 3.04. The van der Waals surface area contributed by atoms with E-state index in [9.17, 15) is 9.59 Å². The summed E-state index contributed by atoms with van der Waals surface area (Å²) in [6.45, 7) is 3.16. The third-order valence-electron chi connectivity index (χ3n) is 4.36. The van der Waals surface area contributed by atoms with Gasteiger partial charge in [-0.25, -0.2) is 4.98 Å². The fraction of sp³-hybridized carbons (Fsp3) is 0.375. The summed E-state index contributed by atoms with van der Waals surface area (Å²) in [6.07, 6.45) is 3.77. The molecule has 0 saturated carbocycles. The SMILES string of the molecule is Cc1cc(=O)n(CC(=O)NC2CCN(c3ccc4nncn4n3)C2)cn1. The molecule has 1 unspecified atom stereocenters. The van der Waals surface area contributed by atoms with Crippen molar-refractivity contribution >= 4 is 17.4 Å². The lowest BCUT2D eigenvalue weighted by molar-refractivity contribution is -0.122. The van der Waals surface area contributed by atoms with E-state index in [4.69, 9.17) is 0 Å². The van der Waals surface area contributed by atoms with Gasteiger partial charge in [0, 0.05) is 30.9 Å². The summed E-state index contributed by atoms with van der Waals surface area (Å²) in [5, 5.41) is 15.2. The summed E-state index contributed by atoms with van der Waals surface area (Å²) in [4.78, 5) is 30.2. The first-order valence-corrected chi connectivity index (χ1v) is 8.33. The van der Waals surface area contributed by atoms with E-state index < -0.39 is 0 Å². The Morgan fingerprint density at radius 1 is 1.35 bits per heavy atom. The van der Waals surface area contributed by atoms with E-state index in [0.717, 1.165) is 18.8 Å². The summed E-state index contributed by atoms with van der Waals surface area (Å²) < 4.78 is 2.93. The molecular weight excluding hydrogens is 336 g/mol. The number of carbonyl (C=O) groups excluding carboxylic acids is 1. The number of aryl methyl sites for hydroxylation is 1. The van der Waals surface area contributed by atoms with Crippen molar-refractivity contribution in [1.82, 2.24) is 34.7 Å². The lowest BCUT2D eigenvalue weighted by atomic mass is 10.2. The minimum Gasteiger partial charge on any atom is -0.353 e. The highest BCUT2D eigenvalue weighted by molar-refractivity contribution is 5.76. The van der Waals surface area contributed by atoms with Crippen molar-refractivity contribution in [3.63, 3.8) is 0 Å². The van der Waals surface area contributed by atoms with Crippen LogP contribution in [0.25, 0.3) is 5.65 Å². The molecule has 1 fully saturated rings. The highest BCUT2D eigenvalue weighted by Crippen LogP contribution is 2.18. The molecule has 1 aliphatic rings. The molecule has 1 aliphatic heterocycles. The monoisotopic (exact) mass is 354 g/mol. The van der Waals surface area contributed by atoms with Gasteiger partial charge in [-0.2, -0.15) is 4.52 Å². The molecule has 1 amide bonds. The van der Waals surface area contributed by atoms with Crippen LogP contribution in [-0.2, 0) is 11.3 Å². The average Bonchev–Trinajstić information content (AvgIpc) is 3.25. The smallest absolute Gasteiger partial charge is 0.253 e. The van der Waals surface area contributed by atoms with Crippen LogP contribution in [0.3, 0.4) is 0 Å². The molecule has 3 aromatic rings. The van der Waals surface area contributed by atoms with Crippen molar-refractivity contribution in [1.29, 1.82) is 0 Å². The summed E-state index contributed by atoms with van der Waals surface area (Å²) >= 11 is 0. The van der Waals surface area contributed by atoms with Gasteiger partial charge in [-0.05, 0) is 25.5 Å². The van der Waals surface area contributed by atoms with Gasteiger partial charge >= 0.3 is 0 Å². The second-order valence-electron chi connectivity index (χ2n) is 6.32. The largest absolute Gasteiger partial charge is 0.353 e. The lowest BCUT2D eigenvalue weighted by Gasteiger charge is -2.18. The van der Waals surface area contributed by atoms with Crippen molar-refractivity contribution in [2.75, 3.05) is 18.0 Å². The summed E-state index contributed by atoms with van der Waals surface area (Å²) in [5.74, 6) is 0.611. The number of rotatable bonds is 4. The van der Waals surface area contributed by atoms with Crippen LogP contribution in [0.1, 0.15) is 12.1 Å². The fourth-order valence-corrected chi connectivity index (χ4v) is 3.04. The van der Waals surface area contributed by atoms with Crippen LogP contribution in [0.15, 0.2) is 35.6 Å². The van der Waals surface area contributed by atoms with E-state index in [2.05, 4.69) is 30.5 Å². The van der Waals surface area contributed by atoms with Crippen LogP contribution in [0, 0.1) is 6.92 Å². The second-order valence-corrected chi connectivity index (χ2v) is 6.32. The number of aromatic nitrogens is 6. The highest BCUT2D eigenvalue weighted by Gasteiger charge is 2.25. The zero-order chi connectivity index (χ0) is 18.1. The Labute approximate surface area is 148 Å². The Morgan fingerprint density at radius 3 is 3.08 bits per heavy atom. The Balaban J connectivity index is 1.37. The van der Waals surface area contributed by atoms with Gasteiger partial charge in [0.15, 0.2) is 5.65 Å². The number of anilines is 1. The zero-order valence-electron chi connectivity index (χ0n) is 14.2. The standard InChI is InChI=1S/C16H18N8O2/c1-11-6-16(26)23(9-17-11)8-15(25)19-12-4-5-22(7-12)14-3-2-13-20-18-10-24(13)21-14/h2-3,6,9-10,12H,4-5,7-8H2,1H3,(H,19,25). The van der Waals surface area contributed by atoms with E-state index in [-0.39, 0.29) is 24.1 Å². The third-order valence-corrected chi connectivity index (χ3v) is 4.36. The summed E-state index contributed by atoms with van der Waals surface area (Å²) in [7, 11) is 0. The first kappa shape index (κ1) is 16.2. The topological polar surface area (TPSA) is 110 Å². The van der Waals surface area contributed by atoms with Gasteiger partial charge in [-0.1, -0.05) is 0 Å². The Hall–Kier alpha value is -3.30. The van der Waals surface area contributed by atoms with Crippen molar-refractivity contribution in [3.8, 4) is 0 Å². The molecule has 10 heteroatoms. The van der Waals surface area contributed by atoms with Crippen LogP contribution < -0.4 is 15.8 Å². The van der Waals surface area contributed by atoms with Gasteiger partial charge in [-0.15, -0.1) is 15.3 Å². The number of nitrogens with zero attached hydrogens (tertiary/aromatic N) is 7. The van der Waals surface area contributed by atoms with Crippen molar-refractivity contribution in [2.24, 2.45) is 0 Å². The van der Waals surface area contributed by atoms with Crippen LogP contribution in [0.4, 0.5) is 5.82 Å². The molecule has 10 nitrogen and oxygen atoms in total. The number of carbonyl (C=O) groups is 1. The van der Waals surface area contributed by atoms with Crippen LogP contribution >= 0.6 is 0 Å². The van der Waals surface area contributed by atoms with Crippen molar-refractivity contribution in [2.45, 2.75) is 25.9 Å². The van der Waals surface area contributed by atoms with Gasteiger partial charge in [0.2, 0.25) is 5.91 Å². The molecule has 0 aliphatic carbocycles. The molecule has 4 rings (SSSR count). The minimum absolute atomic E-state index is 0.00928. The molecule has 0 spiro atoms. The molecule has 0 bridgehead atoms. The summed E-state index contributed by atoms with van der Waals surface area (Å²) in [5.41, 5.74) is 1.10.